The quantitative estimate of drug-likeness (QED) is 0.787. The number of carbonyl (C=O) groups is 1. The van der Waals surface area contributed by atoms with Crippen LogP contribution in [0.4, 0.5) is 5.69 Å². The highest BCUT2D eigenvalue weighted by molar-refractivity contribution is 6.03. The predicted octanol–water partition coefficient (Wildman–Crippen LogP) is 3.28. The summed E-state index contributed by atoms with van der Waals surface area (Å²) in [6.07, 6.45) is 2.97. The van der Waals surface area contributed by atoms with Gasteiger partial charge in [-0.2, -0.15) is 0 Å². The van der Waals surface area contributed by atoms with Crippen LogP contribution in [-0.4, -0.2) is 40.6 Å². The summed E-state index contributed by atoms with van der Waals surface area (Å²) in [4.78, 5) is 12.7. The number of anilines is 1. The van der Waals surface area contributed by atoms with E-state index in [9.17, 15) is 4.79 Å². The number of benzene rings is 1. The molecule has 0 radical (unpaired) electrons. The molecule has 0 saturated carbocycles. The summed E-state index contributed by atoms with van der Waals surface area (Å²) in [6.45, 7) is 8.55. The molecule has 1 saturated heterocycles. The minimum atomic E-state index is -0.229. The number of halogens is 1. The average Bonchev–Trinajstić information content (AvgIpc) is 3.04. The van der Waals surface area contributed by atoms with E-state index in [4.69, 9.17) is 4.74 Å². The highest BCUT2D eigenvalue weighted by Gasteiger charge is 2.23. The second kappa shape index (κ2) is 9.71. The van der Waals surface area contributed by atoms with Crippen molar-refractivity contribution < 1.29 is 9.53 Å². The van der Waals surface area contributed by atoms with Gasteiger partial charge in [-0.05, 0) is 70.0 Å². The topological polar surface area (TPSA) is 81.1 Å². The zero-order valence-electron chi connectivity index (χ0n) is 16.1. The number of aryl methyl sites for hydroxylation is 1. The molecule has 1 fully saturated rings. The van der Waals surface area contributed by atoms with Crippen LogP contribution < -0.4 is 15.4 Å². The molecule has 2 N–H and O–H groups in total. The minimum absolute atomic E-state index is 0. The molecule has 2 heterocycles. The van der Waals surface area contributed by atoms with Crippen molar-refractivity contribution in [3.8, 4) is 5.75 Å². The van der Waals surface area contributed by atoms with Crippen LogP contribution in [0.1, 0.15) is 54.0 Å². The van der Waals surface area contributed by atoms with Crippen molar-refractivity contribution in [1.29, 1.82) is 0 Å². The van der Waals surface area contributed by atoms with Crippen molar-refractivity contribution in [3.05, 3.63) is 35.2 Å². The fourth-order valence-electron chi connectivity index (χ4n) is 3.22. The normalized spacial score (nSPS) is 14.5. The number of rotatable bonds is 6. The van der Waals surface area contributed by atoms with E-state index in [0.717, 1.165) is 55.0 Å². The number of aromatic nitrogens is 3. The molecule has 1 aliphatic heterocycles. The molecule has 1 aromatic heterocycles. The van der Waals surface area contributed by atoms with E-state index in [2.05, 4.69) is 27.9 Å². The molecular formula is C19H28ClN5O2. The van der Waals surface area contributed by atoms with Crippen LogP contribution in [0, 0.1) is 13.8 Å². The van der Waals surface area contributed by atoms with E-state index in [1.807, 2.05) is 36.7 Å². The second-order valence-corrected chi connectivity index (χ2v) is 6.73. The Hall–Kier alpha value is -2.12. The Bertz CT molecular complexity index is 771. The van der Waals surface area contributed by atoms with Crippen molar-refractivity contribution in [2.45, 2.75) is 46.1 Å². The molecule has 148 valence electrons. The van der Waals surface area contributed by atoms with Gasteiger partial charge in [0.1, 0.15) is 5.75 Å². The van der Waals surface area contributed by atoms with E-state index >= 15 is 0 Å². The lowest BCUT2D eigenvalue weighted by atomic mass is 10.1. The maximum atomic E-state index is 12.7. The Morgan fingerprint density at radius 3 is 2.74 bits per heavy atom. The molecule has 0 aliphatic carbocycles. The van der Waals surface area contributed by atoms with Crippen molar-refractivity contribution in [1.82, 2.24) is 20.3 Å². The monoisotopic (exact) mass is 393 g/mol. The summed E-state index contributed by atoms with van der Waals surface area (Å²) >= 11 is 0. The fourth-order valence-corrected chi connectivity index (χ4v) is 3.22. The Kier molecular flexibility index (Phi) is 7.62. The molecule has 27 heavy (non-hydrogen) atoms. The third-order valence-electron chi connectivity index (χ3n) is 4.72. The van der Waals surface area contributed by atoms with Crippen molar-refractivity contribution in [2.75, 3.05) is 25.0 Å². The molecular weight excluding hydrogens is 366 g/mol. The molecule has 7 nitrogen and oxygen atoms in total. The minimum Gasteiger partial charge on any atom is -0.494 e. The van der Waals surface area contributed by atoms with Crippen molar-refractivity contribution >= 4 is 24.0 Å². The fraction of sp³-hybridized carbons (Fsp3) is 0.526. The van der Waals surface area contributed by atoms with Gasteiger partial charge >= 0.3 is 0 Å². The number of piperidine rings is 1. The zero-order valence-corrected chi connectivity index (χ0v) is 16.9. The summed E-state index contributed by atoms with van der Waals surface area (Å²) in [5.74, 6) is 0.586. The van der Waals surface area contributed by atoms with Crippen LogP contribution in [0.3, 0.4) is 0 Å². The van der Waals surface area contributed by atoms with E-state index in [1.54, 1.807) is 0 Å². The number of ether oxygens (including phenoxy) is 1. The molecule has 0 unspecified atom stereocenters. The van der Waals surface area contributed by atoms with Crippen LogP contribution in [0.5, 0.6) is 5.75 Å². The lowest BCUT2D eigenvalue weighted by Crippen LogP contribution is -2.30. The number of hydrogen-bond donors (Lipinski definition) is 2. The first-order chi connectivity index (χ1) is 12.6. The van der Waals surface area contributed by atoms with Gasteiger partial charge in [-0.1, -0.05) is 12.1 Å². The van der Waals surface area contributed by atoms with Gasteiger partial charge < -0.3 is 15.4 Å². The standard InChI is InChI=1S/C19H27N5O2.ClH/c1-4-11-26-16-5-6-17(13(2)12-16)21-19(25)18-14(3)24(23-22-18)15-7-9-20-10-8-15;/h5-6,12,15,20H,4,7-11H2,1-3H3,(H,21,25);1H. The van der Waals surface area contributed by atoms with Crippen LogP contribution in [-0.2, 0) is 0 Å². The predicted molar refractivity (Wildman–Crippen MR) is 108 cm³/mol. The first kappa shape index (κ1) is 21.2. The lowest BCUT2D eigenvalue weighted by molar-refractivity contribution is 0.102. The summed E-state index contributed by atoms with van der Waals surface area (Å²) in [5.41, 5.74) is 2.91. The smallest absolute Gasteiger partial charge is 0.278 e. The largest absolute Gasteiger partial charge is 0.494 e. The lowest BCUT2D eigenvalue weighted by Gasteiger charge is -2.23. The highest BCUT2D eigenvalue weighted by Crippen LogP contribution is 2.24. The Labute approximate surface area is 166 Å². The molecule has 0 atom stereocenters. The van der Waals surface area contributed by atoms with Crippen LogP contribution in [0.2, 0.25) is 0 Å². The summed E-state index contributed by atoms with van der Waals surface area (Å²) in [7, 11) is 0. The first-order valence-corrected chi connectivity index (χ1v) is 9.27. The maximum Gasteiger partial charge on any atom is 0.278 e. The Morgan fingerprint density at radius 2 is 2.07 bits per heavy atom. The van der Waals surface area contributed by atoms with Gasteiger partial charge in [0.25, 0.3) is 5.91 Å². The van der Waals surface area contributed by atoms with Crippen molar-refractivity contribution in [2.24, 2.45) is 0 Å². The number of hydrogen-bond acceptors (Lipinski definition) is 5. The summed E-state index contributed by atoms with van der Waals surface area (Å²) < 4.78 is 7.52. The van der Waals surface area contributed by atoms with Gasteiger partial charge in [0, 0.05) is 5.69 Å². The third kappa shape index (κ3) is 4.99. The van der Waals surface area contributed by atoms with E-state index in [0.29, 0.717) is 18.3 Å². The summed E-state index contributed by atoms with van der Waals surface area (Å²) in [5, 5.41) is 14.6. The van der Waals surface area contributed by atoms with Gasteiger partial charge in [-0.3, -0.25) is 4.79 Å². The third-order valence-corrected chi connectivity index (χ3v) is 4.72. The van der Waals surface area contributed by atoms with Gasteiger partial charge in [0.2, 0.25) is 0 Å². The second-order valence-electron chi connectivity index (χ2n) is 6.73. The first-order valence-electron chi connectivity index (χ1n) is 9.27. The van der Waals surface area contributed by atoms with Crippen LogP contribution >= 0.6 is 12.4 Å². The number of nitrogens with zero attached hydrogens (tertiary/aromatic N) is 3. The van der Waals surface area contributed by atoms with Crippen LogP contribution in [0.25, 0.3) is 0 Å². The molecule has 0 bridgehead atoms. The Balaban J connectivity index is 0.00000261. The van der Waals surface area contributed by atoms with Gasteiger partial charge in [-0.15, -0.1) is 17.5 Å². The van der Waals surface area contributed by atoms with Crippen LogP contribution in [0.15, 0.2) is 18.2 Å². The molecule has 2 aromatic rings. The van der Waals surface area contributed by atoms with Gasteiger partial charge in [-0.25, -0.2) is 4.68 Å². The van der Waals surface area contributed by atoms with E-state index in [1.165, 1.54) is 0 Å². The van der Waals surface area contributed by atoms with Gasteiger partial charge in [0.15, 0.2) is 5.69 Å². The molecule has 0 spiro atoms. The number of nitrogens with one attached hydrogen (secondary N) is 2. The highest BCUT2D eigenvalue weighted by atomic mass is 35.5. The molecule has 8 heteroatoms. The average molecular weight is 394 g/mol. The SMILES string of the molecule is CCCOc1ccc(NC(=O)c2nnn(C3CCNCC3)c2C)c(C)c1.Cl. The number of amides is 1. The number of carbonyl (C=O) groups excluding carboxylic acids is 1. The molecule has 1 amide bonds. The molecule has 1 aromatic carbocycles. The molecule has 1 aliphatic rings. The van der Waals surface area contributed by atoms with Crippen molar-refractivity contribution in [3.63, 3.8) is 0 Å². The molecule has 3 rings (SSSR count). The maximum absolute atomic E-state index is 12.7. The Morgan fingerprint density at radius 1 is 1.33 bits per heavy atom. The zero-order chi connectivity index (χ0) is 18.5. The van der Waals surface area contributed by atoms with Gasteiger partial charge in [0.05, 0.1) is 18.3 Å². The van der Waals surface area contributed by atoms with E-state index in [-0.39, 0.29) is 18.3 Å². The van der Waals surface area contributed by atoms with E-state index < -0.39 is 0 Å². The summed E-state index contributed by atoms with van der Waals surface area (Å²) in [6, 6.07) is 5.98.